The minimum atomic E-state index is -1.73. The quantitative estimate of drug-likeness (QED) is 0.359. The second-order valence-corrected chi connectivity index (χ2v) is 6.30. The molecule has 0 aliphatic carbocycles. The Kier molecular flexibility index (Phi) is 8.37. The molecule has 0 bridgehead atoms. The van der Waals surface area contributed by atoms with E-state index in [0.717, 1.165) is 6.42 Å². The molecule has 0 amide bonds. The van der Waals surface area contributed by atoms with Gasteiger partial charge in [-0.15, -0.1) is 0 Å². The summed E-state index contributed by atoms with van der Waals surface area (Å²) in [5.41, 5.74) is 3.30. The van der Waals surface area contributed by atoms with Crippen molar-refractivity contribution in [2.75, 3.05) is 6.61 Å². The largest absolute Gasteiger partial charge is 1.00 e. The first-order valence-electron chi connectivity index (χ1n) is 8.88. The molecule has 5 heteroatoms. The number of rotatable bonds is 8. The van der Waals surface area contributed by atoms with E-state index in [-0.39, 0.29) is 32.3 Å². The van der Waals surface area contributed by atoms with Gasteiger partial charge in [0.05, 0.1) is 0 Å². The number of benzene rings is 3. The van der Waals surface area contributed by atoms with Crippen molar-refractivity contribution in [3.8, 4) is 0 Å². The van der Waals surface area contributed by atoms with E-state index in [9.17, 15) is 0 Å². The zero-order chi connectivity index (χ0) is 18.2. The number of hydrogen-bond acceptors (Lipinski definition) is 3. The monoisotopic (exact) mass is 354 g/mol. The predicted molar refractivity (Wildman–Crippen MR) is 106 cm³/mol. The van der Waals surface area contributed by atoms with Crippen LogP contribution in [0.15, 0.2) is 91.0 Å². The molecule has 134 valence electrons. The van der Waals surface area contributed by atoms with Crippen molar-refractivity contribution in [1.29, 1.82) is 0 Å². The smallest absolute Gasteiger partial charge is 1.00 e. The van der Waals surface area contributed by atoms with Crippen LogP contribution in [0.5, 0.6) is 0 Å². The summed E-state index contributed by atoms with van der Waals surface area (Å²) >= 11 is 0. The van der Waals surface area contributed by atoms with Crippen molar-refractivity contribution in [2.24, 2.45) is 0 Å². The van der Waals surface area contributed by atoms with Crippen LogP contribution >= 0.6 is 0 Å². The Labute approximate surface area is 174 Å². The van der Waals surface area contributed by atoms with Crippen molar-refractivity contribution < 1.29 is 35.0 Å². The van der Waals surface area contributed by atoms with Gasteiger partial charge in [0.25, 0.3) is 0 Å². The van der Waals surface area contributed by atoms with Gasteiger partial charge in [-0.2, -0.15) is 0 Å². The maximum absolute atomic E-state index is 8.97. The summed E-state index contributed by atoms with van der Waals surface area (Å²) in [6, 6.07) is 31.4. The molecule has 3 aromatic carbocycles. The van der Waals surface area contributed by atoms with E-state index in [2.05, 4.69) is 72.8 Å². The summed E-state index contributed by atoms with van der Waals surface area (Å²) in [6.45, 7) is 0.284. The van der Waals surface area contributed by atoms with Gasteiger partial charge < -0.3 is 16.1 Å². The third-order valence-corrected chi connectivity index (χ3v) is 4.76. The van der Waals surface area contributed by atoms with Gasteiger partial charge in [0.1, 0.15) is 0 Å². The SMILES string of the molecule is OB(O)OCCCC(c1ccccc1)(c1ccccc1)c1ccccc1.[H-].[Li+]. The Morgan fingerprint density at radius 1 is 0.704 bits per heavy atom. The molecular formula is C22H24BLiO3. The first-order valence-corrected chi connectivity index (χ1v) is 8.88. The zero-order valence-corrected chi connectivity index (χ0v) is 15.7. The molecule has 0 saturated heterocycles. The van der Waals surface area contributed by atoms with Gasteiger partial charge in [0, 0.05) is 12.0 Å². The molecule has 0 spiro atoms. The van der Waals surface area contributed by atoms with Crippen LogP contribution in [0.3, 0.4) is 0 Å². The molecule has 0 aliphatic heterocycles. The average molecular weight is 354 g/mol. The third kappa shape index (κ3) is 5.13. The number of hydrogen-bond donors (Lipinski definition) is 2. The van der Waals surface area contributed by atoms with Gasteiger partial charge in [-0.25, -0.2) is 0 Å². The van der Waals surface area contributed by atoms with Crippen LogP contribution in [0.4, 0.5) is 0 Å². The Bertz CT molecular complexity index is 692. The molecule has 0 radical (unpaired) electrons. The minimum absolute atomic E-state index is 0. The van der Waals surface area contributed by atoms with Crippen LogP contribution in [-0.4, -0.2) is 24.0 Å². The van der Waals surface area contributed by atoms with Crippen molar-refractivity contribution in [1.82, 2.24) is 0 Å². The van der Waals surface area contributed by atoms with Crippen molar-refractivity contribution >= 4 is 7.32 Å². The Morgan fingerprint density at radius 3 is 1.41 bits per heavy atom. The van der Waals surface area contributed by atoms with Gasteiger partial charge in [0.2, 0.25) is 0 Å². The van der Waals surface area contributed by atoms with E-state index in [0.29, 0.717) is 6.42 Å². The molecule has 0 aromatic heterocycles. The molecule has 3 rings (SSSR count). The standard InChI is InChI=1S/C22H23BO3.Li.H/c24-23(25)26-18-10-17-22(19-11-4-1-5-12-19,20-13-6-2-7-14-20)21-15-8-3-9-16-21;;/h1-9,11-16,24-25H,10,17-18H2;;/q;+1;-1. The van der Waals surface area contributed by atoms with Crippen LogP contribution in [-0.2, 0) is 10.1 Å². The first kappa shape index (κ1) is 21.5. The second kappa shape index (κ2) is 10.5. The van der Waals surface area contributed by atoms with Crippen LogP contribution < -0.4 is 18.9 Å². The maximum atomic E-state index is 8.97. The van der Waals surface area contributed by atoms with Gasteiger partial charge in [-0.05, 0) is 29.5 Å². The summed E-state index contributed by atoms with van der Waals surface area (Å²) in [5.74, 6) is 0. The van der Waals surface area contributed by atoms with Crippen molar-refractivity contribution in [2.45, 2.75) is 18.3 Å². The summed E-state index contributed by atoms with van der Waals surface area (Å²) in [4.78, 5) is 0. The van der Waals surface area contributed by atoms with Crippen LogP contribution in [0, 0.1) is 0 Å². The molecule has 0 aliphatic rings. The van der Waals surface area contributed by atoms with Crippen LogP contribution in [0.2, 0.25) is 0 Å². The van der Waals surface area contributed by atoms with E-state index < -0.39 is 7.32 Å². The van der Waals surface area contributed by atoms with Gasteiger partial charge in [-0.3, -0.25) is 0 Å². The molecular weight excluding hydrogens is 330 g/mol. The minimum Gasteiger partial charge on any atom is -1.00 e. The van der Waals surface area contributed by atoms with Crippen molar-refractivity contribution in [3.63, 3.8) is 0 Å². The fourth-order valence-corrected chi connectivity index (χ4v) is 3.63. The molecule has 0 unspecified atom stereocenters. The summed E-state index contributed by atoms with van der Waals surface area (Å²) in [6.07, 6.45) is 1.48. The molecule has 2 N–H and O–H groups in total. The van der Waals surface area contributed by atoms with Crippen molar-refractivity contribution in [3.05, 3.63) is 108 Å². The topological polar surface area (TPSA) is 49.7 Å². The van der Waals surface area contributed by atoms with Crippen LogP contribution in [0.1, 0.15) is 31.0 Å². The Hall–Kier alpha value is -1.80. The average Bonchev–Trinajstić information content (AvgIpc) is 2.70. The zero-order valence-electron chi connectivity index (χ0n) is 16.7. The first-order chi connectivity index (χ1) is 12.7. The summed E-state index contributed by atoms with van der Waals surface area (Å²) in [7, 11) is -1.73. The Balaban J connectivity index is 0.00000196. The molecule has 3 nitrogen and oxygen atoms in total. The molecule has 27 heavy (non-hydrogen) atoms. The van der Waals surface area contributed by atoms with E-state index in [1.54, 1.807) is 0 Å². The molecule has 3 aromatic rings. The normalized spacial score (nSPS) is 10.9. The molecule has 0 saturated carbocycles. The molecule has 0 heterocycles. The van der Waals surface area contributed by atoms with Gasteiger partial charge in [-0.1, -0.05) is 91.0 Å². The third-order valence-electron chi connectivity index (χ3n) is 4.76. The summed E-state index contributed by atoms with van der Waals surface area (Å²) in [5, 5.41) is 17.9. The predicted octanol–water partition coefficient (Wildman–Crippen LogP) is 0.904. The van der Waals surface area contributed by atoms with Gasteiger partial charge in [0.15, 0.2) is 0 Å². The van der Waals surface area contributed by atoms with E-state index in [4.69, 9.17) is 14.7 Å². The molecule has 0 fully saturated rings. The molecule has 0 atom stereocenters. The van der Waals surface area contributed by atoms with E-state index in [1.807, 2.05) is 18.2 Å². The van der Waals surface area contributed by atoms with E-state index in [1.165, 1.54) is 16.7 Å². The summed E-state index contributed by atoms with van der Waals surface area (Å²) < 4.78 is 4.96. The fourth-order valence-electron chi connectivity index (χ4n) is 3.63. The maximum Gasteiger partial charge on any atom is 1.00 e. The Morgan fingerprint density at radius 2 is 1.07 bits per heavy atom. The van der Waals surface area contributed by atoms with Crippen LogP contribution in [0.25, 0.3) is 0 Å². The van der Waals surface area contributed by atoms with E-state index >= 15 is 0 Å². The second-order valence-electron chi connectivity index (χ2n) is 6.30. The van der Waals surface area contributed by atoms with Gasteiger partial charge >= 0.3 is 26.2 Å². The fraction of sp³-hybridized carbons (Fsp3) is 0.182.